The van der Waals surface area contributed by atoms with Crippen LogP contribution in [-0.2, 0) is 23.7 Å². The molecule has 15 atom stereocenters. The Morgan fingerprint density at radius 2 is 1.03 bits per heavy atom. The molecule has 200 valence electrons. The van der Waals surface area contributed by atoms with Gasteiger partial charge in [0.25, 0.3) is 0 Å². The summed E-state index contributed by atoms with van der Waals surface area (Å²) in [5.74, 6) is 0. The molecule has 3 heterocycles. The number of rotatable bonds is 7. The van der Waals surface area contributed by atoms with Crippen molar-refractivity contribution in [2.45, 2.75) is 92.1 Å². The van der Waals surface area contributed by atoms with Crippen LogP contribution < -0.4 is 0 Å². The van der Waals surface area contributed by atoms with Crippen molar-refractivity contribution < 1.29 is 79.9 Å². The molecule has 3 saturated heterocycles. The van der Waals surface area contributed by atoms with Crippen LogP contribution in [0.1, 0.15) is 0 Å². The maximum Gasteiger partial charge on any atom is 0.187 e. The Labute approximate surface area is 192 Å². The minimum absolute atomic E-state index is 0.593. The zero-order valence-electron chi connectivity index (χ0n) is 17.7. The first-order chi connectivity index (χ1) is 16.0. The smallest absolute Gasteiger partial charge is 0.187 e. The van der Waals surface area contributed by atoms with E-state index in [1.807, 2.05) is 0 Å². The third kappa shape index (κ3) is 5.52. The van der Waals surface area contributed by atoms with E-state index in [4.69, 9.17) is 23.7 Å². The summed E-state index contributed by atoms with van der Waals surface area (Å²) < 4.78 is 26.2. The van der Waals surface area contributed by atoms with Crippen molar-refractivity contribution >= 4 is 0 Å². The number of hydrogen-bond donors (Lipinski definition) is 11. The summed E-state index contributed by atoms with van der Waals surface area (Å²) in [6.45, 7) is -2.11. The van der Waals surface area contributed by atoms with Crippen LogP contribution in [0.25, 0.3) is 0 Å². The van der Waals surface area contributed by atoms with Gasteiger partial charge in [-0.25, -0.2) is 0 Å². The largest absolute Gasteiger partial charge is 0.394 e. The second-order valence-electron chi connectivity index (χ2n) is 8.37. The van der Waals surface area contributed by atoms with Gasteiger partial charge in [-0.1, -0.05) is 0 Å². The van der Waals surface area contributed by atoms with E-state index < -0.39 is 112 Å². The first kappa shape index (κ1) is 27.9. The Balaban J connectivity index is 1.68. The summed E-state index contributed by atoms with van der Waals surface area (Å²) in [5, 5.41) is 109. The Morgan fingerprint density at radius 3 is 1.65 bits per heavy atom. The summed E-state index contributed by atoms with van der Waals surface area (Å²) in [4.78, 5) is 0. The van der Waals surface area contributed by atoms with Crippen molar-refractivity contribution in [3.8, 4) is 0 Å². The van der Waals surface area contributed by atoms with E-state index in [0.717, 1.165) is 0 Å². The molecule has 0 radical (unpaired) electrons. The summed E-state index contributed by atoms with van der Waals surface area (Å²) in [6.07, 6.45) is -24.9. The fraction of sp³-hybridized carbons (Fsp3) is 1.00. The van der Waals surface area contributed by atoms with E-state index >= 15 is 0 Å². The molecule has 16 heteroatoms. The van der Waals surface area contributed by atoms with Crippen LogP contribution in [0.4, 0.5) is 0 Å². The lowest BCUT2D eigenvalue weighted by Crippen LogP contribution is -2.65. The molecule has 3 rings (SSSR count). The van der Waals surface area contributed by atoms with Gasteiger partial charge in [-0.3, -0.25) is 0 Å². The fourth-order valence-corrected chi connectivity index (χ4v) is 3.94. The van der Waals surface area contributed by atoms with Crippen LogP contribution in [0, 0.1) is 0 Å². The van der Waals surface area contributed by atoms with Gasteiger partial charge in [0.2, 0.25) is 0 Å². The average molecular weight is 504 g/mol. The van der Waals surface area contributed by atoms with Crippen LogP contribution in [0.5, 0.6) is 0 Å². The van der Waals surface area contributed by atoms with Gasteiger partial charge < -0.3 is 79.9 Å². The molecular weight excluding hydrogens is 472 g/mol. The lowest BCUT2D eigenvalue weighted by molar-refractivity contribution is -0.364. The number of aliphatic hydroxyl groups is 11. The molecule has 34 heavy (non-hydrogen) atoms. The number of aliphatic hydroxyl groups excluding tert-OH is 11. The van der Waals surface area contributed by atoms with E-state index in [1.54, 1.807) is 0 Å². The zero-order valence-corrected chi connectivity index (χ0v) is 17.7. The molecule has 0 aromatic carbocycles. The molecule has 3 fully saturated rings. The van der Waals surface area contributed by atoms with E-state index in [9.17, 15) is 56.2 Å². The lowest BCUT2D eigenvalue weighted by Gasteiger charge is -2.46. The molecule has 3 aliphatic heterocycles. The maximum absolute atomic E-state index is 10.7. The Hall–Kier alpha value is -0.640. The first-order valence-electron chi connectivity index (χ1n) is 10.6. The molecule has 0 saturated carbocycles. The van der Waals surface area contributed by atoms with Gasteiger partial charge in [0.05, 0.1) is 19.8 Å². The summed E-state index contributed by atoms with van der Waals surface area (Å²) in [5.41, 5.74) is 0. The summed E-state index contributed by atoms with van der Waals surface area (Å²) in [6, 6.07) is 0. The van der Waals surface area contributed by atoms with Crippen molar-refractivity contribution in [3.63, 3.8) is 0 Å². The SMILES string of the molecule is OC[C@H]1O[C@H](O[C@H]2[C@@H](O)[C@@H](CO)O[C@H](OC[C@H]3OC(O)[C@H](O)[C@@H](O)[C@@H]3O)[C@@H]2O)[C@H](O)[C@@H](O)[C@H]1O. The van der Waals surface area contributed by atoms with Crippen molar-refractivity contribution in [2.24, 2.45) is 0 Å². The maximum atomic E-state index is 10.7. The van der Waals surface area contributed by atoms with Gasteiger partial charge in [0.1, 0.15) is 73.2 Å². The molecule has 3 aliphatic rings. The molecule has 1 unspecified atom stereocenters. The summed E-state index contributed by atoms with van der Waals surface area (Å²) in [7, 11) is 0. The van der Waals surface area contributed by atoms with Crippen LogP contribution in [0.3, 0.4) is 0 Å². The predicted molar refractivity (Wildman–Crippen MR) is 101 cm³/mol. The second-order valence-corrected chi connectivity index (χ2v) is 8.37. The molecule has 0 aliphatic carbocycles. The van der Waals surface area contributed by atoms with Gasteiger partial charge in [0.15, 0.2) is 18.9 Å². The summed E-state index contributed by atoms with van der Waals surface area (Å²) >= 11 is 0. The fourth-order valence-electron chi connectivity index (χ4n) is 3.94. The highest BCUT2D eigenvalue weighted by Gasteiger charge is 2.51. The lowest BCUT2D eigenvalue weighted by atomic mass is 9.97. The van der Waals surface area contributed by atoms with Gasteiger partial charge in [0, 0.05) is 0 Å². The van der Waals surface area contributed by atoms with Gasteiger partial charge in [-0.05, 0) is 0 Å². The van der Waals surface area contributed by atoms with Crippen molar-refractivity contribution in [3.05, 3.63) is 0 Å². The van der Waals surface area contributed by atoms with Gasteiger partial charge in [-0.2, -0.15) is 0 Å². The Bertz CT molecular complexity index is 639. The monoisotopic (exact) mass is 504 g/mol. The zero-order chi connectivity index (χ0) is 25.3. The third-order valence-electron chi connectivity index (χ3n) is 6.07. The topological polar surface area (TPSA) is 269 Å². The van der Waals surface area contributed by atoms with E-state index in [-0.39, 0.29) is 0 Å². The van der Waals surface area contributed by atoms with Crippen molar-refractivity contribution in [1.82, 2.24) is 0 Å². The van der Waals surface area contributed by atoms with E-state index in [2.05, 4.69) is 0 Å². The molecule has 0 bridgehead atoms. The number of ether oxygens (including phenoxy) is 5. The molecule has 0 spiro atoms. The number of hydrogen-bond acceptors (Lipinski definition) is 16. The molecule has 11 N–H and O–H groups in total. The molecule has 0 amide bonds. The normalized spacial score (nSPS) is 52.5. The Morgan fingerprint density at radius 1 is 0.500 bits per heavy atom. The van der Waals surface area contributed by atoms with E-state index in [0.29, 0.717) is 0 Å². The van der Waals surface area contributed by atoms with Crippen LogP contribution in [0.15, 0.2) is 0 Å². The highest BCUT2D eigenvalue weighted by Crippen LogP contribution is 2.30. The van der Waals surface area contributed by atoms with Crippen LogP contribution in [0.2, 0.25) is 0 Å². The Kier molecular flexibility index (Phi) is 9.54. The first-order valence-corrected chi connectivity index (χ1v) is 10.6. The highest BCUT2D eigenvalue weighted by molar-refractivity contribution is 4.94. The minimum Gasteiger partial charge on any atom is -0.394 e. The standard InChI is InChI=1S/C18H32O16/c19-1-4-7(21)11(25)13(27)18(33-4)34-15-9(23)5(2-20)32-17(14(15)28)30-3-6-8(22)10(24)12(26)16(29)31-6/h4-29H,1-3H2/t4-,5-,6-,7+,8-,9+,10+,11+,12-,13-,14-,15+,16?,17+,18-/m1/s1. The average Bonchev–Trinajstić information content (AvgIpc) is 2.82. The van der Waals surface area contributed by atoms with E-state index in [1.165, 1.54) is 0 Å². The van der Waals surface area contributed by atoms with Crippen molar-refractivity contribution in [1.29, 1.82) is 0 Å². The van der Waals surface area contributed by atoms with Crippen LogP contribution >= 0.6 is 0 Å². The molecule has 0 aromatic rings. The van der Waals surface area contributed by atoms with Gasteiger partial charge in [-0.15, -0.1) is 0 Å². The molecule has 0 aromatic heterocycles. The highest BCUT2D eigenvalue weighted by atomic mass is 16.7. The quantitative estimate of drug-likeness (QED) is 0.154. The molecule has 16 nitrogen and oxygen atoms in total. The predicted octanol–water partition coefficient (Wildman–Crippen LogP) is -7.57. The third-order valence-corrected chi connectivity index (χ3v) is 6.07. The second kappa shape index (κ2) is 11.6. The van der Waals surface area contributed by atoms with Crippen molar-refractivity contribution in [2.75, 3.05) is 19.8 Å². The van der Waals surface area contributed by atoms with Gasteiger partial charge >= 0.3 is 0 Å². The minimum atomic E-state index is -1.84. The van der Waals surface area contributed by atoms with Crippen LogP contribution in [-0.4, -0.2) is 168 Å². The molecular formula is C18H32O16.